The van der Waals surface area contributed by atoms with Crippen LogP contribution in [0, 0.1) is 0 Å². The normalized spacial score (nSPS) is 18.6. The molecule has 2 amide bonds. The van der Waals surface area contributed by atoms with Gasteiger partial charge in [0.15, 0.2) is 0 Å². The van der Waals surface area contributed by atoms with Gasteiger partial charge in [0.2, 0.25) is 0 Å². The number of likely N-dealkylation sites (tertiary alicyclic amines) is 1. The fourth-order valence-electron chi connectivity index (χ4n) is 2.23. The van der Waals surface area contributed by atoms with Gasteiger partial charge in [0.05, 0.1) is 6.42 Å². The third-order valence-corrected chi connectivity index (χ3v) is 3.14. The van der Waals surface area contributed by atoms with Gasteiger partial charge in [-0.2, -0.15) is 0 Å². The molecule has 0 saturated carbocycles. The molecule has 0 bridgehead atoms. The summed E-state index contributed by atoms with van der Waals surface area (Å²) in [5.74, 6) is -0.849. The average molecular weight is 272 g/mol. The second-order valence-corrected chi connectivity index (χ2v) is 4.79. The van der Waals surface area contributed by atoms with E-state index in [9.17, 15) is 9.59 Å². The van der Waals surface area contributed by atoms with E-state index in [1.54, 1.807) is 4.90 Å². The monoisotopic (exact) mass is 272 g/mol. The summed E-state index contributed by atoms with van der Waals surface area (Å²) >= 11 is 0. The Bertz CT molecular complexity index is 296. The van der Waals surface area contributed by atoms with E-state index in [2.05, 4.69) is 12.2 Å². The quantitative estimate of drug-likeness (QED) is 0.655. The summed E-state index contributed by atoms with van der Waals surface area (Å²) in [4.78, 5) is 24.3. The van der Waals surface area contributed by atoms with Crippen LogP contribution in [-0.2, 0) is 9.53 Å². The molecular weight excluding hydrogens is 248 g/mol. The van der Waals surface area contributed by atoms with Crippen LogP contribution in [0.5, 0.6) is 0 Å². The predicted molar refractivity (Wildman–Crippen MR) is 71.1 cm³/mol. The van der Waals surface area contributed by atoms with Crippen molar-refractivity contribution in [3.8, 4) is 0 Å². The standard InChI is InChI=1S/C13H24N2O4/c1-2-8-19-9-4-6-14-13(18)15-7-3-5-11(15)10-12(16)17/h11H,2-10H2,1H3,(H,14,18)(H,16,17). The molecule has 0 aromatic carbocycles. The zero-order valence-corrected chi connectivity index (χ0v) is 11.6. The number of urea groups is 1. The molecular formula is C13H24N2O4. The summed E-state index contributed by atoms with van der Waals surface area (Å²) in [5.41, 5.74) is 0. The Labute approximate surface area is 114 Å². The van der Waals surface area contributed by atoms with Crippen molar-refractivity contribution in [2.75, 3.05) is 26.3 Å². The average Bonchev–Trinajstić information content (AvgIpc) is 2.80. The van der Waals surface area contributed by atoms with Crippen molar-refractivity contribution >= 4 is 12.0 Å². The van der Waals surface area contributed by atoms with Gasteiger partial charge < -0.3 is 20.1 Å². The topological polar surface area (TPSA) is 78.9 Å². The second kappa shape index (κ2) is 8.74. The lowest BCUT2D eigenvalue weighted by Crippen LogP contribution is -2.44. The van der Waals surface area contributed by atoms with Crippen LogP contribution in [0.2, 0.25) is 0 Å². The molecule has 6 heteroatoms. The highest BCUT2D eigenvalue weighted by Gasteiger charge is 2.29. The van der Waals surface area contributed by atoms with E-state index in [1.807, 2.05) is 0 Å². The Morgan fingerprint density at radius 2 is 2.21 bits per heavy atom. The van der Waals surface area contributed by atoms with Crippen LogP contribution >= 0.6 is 0 Å². The van der Waals surface area contributed by atoms with Crippen LogP contribution in [-0.4, -0.2) is 54.4 Å². The number of carboxylic acids is 1. The number of nitrogens with one attached hydrogen (secondary N) is 1. The van der Waals surface area contributed by atoms with Crippen molar-refractivity contribution in [3.05, 3.63) is 0 Å². The molecule has 110 valence electrons. The van der Waals surface area contributed by atoms with Gasteiger partial charge in [-0.25, -0.2) is 4.79 Å². The molecule has 1 fully saturated rings. The SMILES string of the molecule is CCCOCCCNC(=O)N1CCCC1CC(=O)O. The van der Waals surface area contributed by atoms with Crippen molar-refractivity contribution < 1.29 is 19.4 Å². The smallest absolute Gasteiger partial charge is 0.317 e. The van der Waals surface area contributed by atoms with E-state index < -0.39 is 5.97 Å². The maximum atomic E-state index is 11.9. The number of rotatable bonds is 8. The number of aliphatic carboxylic acids is 1. The van der Waals surface area contributed by atoms with Gasteiger partial charge in [-0.05, 0) is 25.7 Å². The minimum atomic E-state index is -0.849. The van der Waals surface area contributed by atoms with Gasteiger partial charge in [0.1, 0.15) is 0 Å². The molecule has 0 aromatic heterocycles. The lowest BCUT2D eigenvalue weighted by molar-refractivity contribution is -0.137. The fourth-order valence-corrected chi connectivity index (χ4v) is 2.23. The first-order valence-electron chi connectivity index (χ1n) is 6.99. The first kappa shape index (κ1) is 15.8. The van der Waals surface area contributed by atoms with E-state index >= 15 is 0 Å². The predicted octanol–water partition coefficient (Wildman–Crippen LogP) is 1.45. The van der Waals surface area contributed by atoms with Crippen LogP contribution in [0.15, 0.2) is 0 Å². The van der Waals surface area contributed by atoms with Crippen LogP contribution in [0.1, 0.15) is 39.0 Å². The molecule has 6 nitrogen and oxygen atoms in total. The van der Waals surface area contributed by atoms with E-state index in [1.165, 1.54) is 0 Å². The number of carbonyl (C=O) groups excluding carboxylic acids is 1. The number of nitrogens with zero attached hydrogens (tertiary/aromatic N) is 1. The Hall–Kier alpha value is -1.30. The number of carboxylic acid groups (broad SMARTS) is 1. The molecule has 1 aliphatic heterocycles. The first-order valence-corrected chi connectivity index (χ1v) is 6.99. The number of ether oxygens (including phenoxy) is 1. The molecule has 1 heterocycles. The molecule has 0 aliphatic carbocycles. The van der Waals surface area contributed by atoms with Gasteiger partial charge >= 0.3 is 12.0 Å². The van der Waals surface area contributed by atoms with E-state index in [0.29, 0.717) is 19.7 Å². The van der Waals surface area contributed by atoms with Gasteiger partial charge in [0, 0.05) is 32.3 Å². The lowest BCUT2D eigenvalue weighted by atomic mass is 10.1. The molecule has 0 radical (unpaired) electrons. The van der Waals surface area contributed by atoms with Crippen LogP contribution in [0.3, 0.4) is 0 Å². The number of amides is 2. The molecule has 19 heavy (non-hydrogen) atoms. The summed E-state index contributed by atoms with van der Waals surface area (Å²) in [6, 6.07) is -0.312. The maximum absolute atomic E-state index is 11.9. The minimum Gasteiger partial charge on any atom is -0.481 e. The first-order chi connectivity index (χ1) is 9.15. The lowest BCUT2D eigenvalue weighted by Gasteiger charge is -2.23. The third-order valence-electron chi connectivity index (χ3n) is 3.14. The fraction of sp³-hybridized carbons (Fsp3) is 0.846. The van der Waals surface area contributed by atoms with Crippen molar-refractivity contribution in [1.82, 2.24) is 10.2 Å². The molecule has 1 unspecified atom stereocenters. The summed E-state index contributed by atoms with van der Waals surface area (Å²) in [6.07, 6.45) is 3.47. The highest BCUT2D eigenvalue weighted by molar-refractivity contribution is 5.76. The number of hydrogen-bond acceptors (Lipinski definition) is 3. The Morgan fingerprint density at radius 1 is 1.42 bits per heavy atom. The third kappa shape index (κ3) is 5.92. The van der Waals surface area contributed by atoms with Gasteiger partial charge in [-0.1, -0.05) is 6.92 Å². The van der Waals surface area contributed by atoms with E-state index in [0.717, 1.165) is 32.3 Å². The Kier molecular flexibility index (Phi) is 7.25. The van der Waals surface area contributed by atoms with Crippen molar-refractivity contribution in [2.24, 2.45) is 0 Å². The largest absolute Gasteiger partial charge is 0.481 e. The highest BCUT2D eigenvalue weighted by atomic mass is 16.5. The van der Waals surface area contributed by atoms with E-state index in [4.69, 9.17) is 9.84 Å². The summed E-state index contributed by atoms with van der Waals surface area (Å²) in [6.45, 7) is 4.67. The summed E-state index contributed by atoms with van der Waals surface area (Å²) < 4.78 is 5.32. The van der Waals surface area contributed by atoms with Gasteiger partial charge in [-0.3, -0.25) is 4.79 Å². The van der Waals surface area contributed by atoms with E-state index in [-0.39, 0.29) is 18.5 Å². The number of hydrogen-bond donors (Lipinski definition) is 2. The Balaban J connectivity index is 2.19. The Morgan fingerprint density at radius 3 is 2.89 bits per heavy atom. The zero-order valence-electron chi connectivity index (χ0n) is 11.6. The van der Waals surface area contributed by atoms with Gasteiger partial charge in [-0.15, -0.1) is 0 Å². The molecule has 1 saturated heterocycles. The molecule has 2 N–H and O–H groups in total. The summed E-state index contributed by atoms with van der Waals surface area (Å²) in [7, 11) is 0. The van der Waals surface area contributed by atoms with Crippen LogP contribution in [0.4, 0.5) is 4.79 Å². The minimum absolute atomic E-state index is 0.0348. The second-order valence-electron chi connectivity index (χ2n) is 4.79. The number of carbonyl (C=O) groups is 2. The molecule has 1 rings (SSSR count). The summed E-state index contributed by atoms with van der Waals surface area (Å²) in [5, 5.41) is 11.6. The molecule has 0 aromatic rings. The maximum Gasteiger partial charge on any atom is 0.317 e. The van der Waals surface area contributed by atoms with Crippen LogP contribution in [0.25, 0.3) is 0 Å². The molecule has 1 aliphatic rings. The molecule has 0 spiro atoms. The highest BCUT2D eigenvalue weighted by Crippen LogP contribution is 2.19. The van der Waals surface area contributed by atoms with Crippen LogP contribution < -0.4 is 5.32 Å². The van der Waals surface area contributed by atoms with Crippen molar-refractivity contribution in [2.45, 2.75) is 45.1 Å². The van der Waals surface area contributed by atoms with Crippen molar-refractivity contribution in [1.29, 1.82) is 0 Å². The molecule has 1 atom stereocenters. The zero-order chi connectivity index (χ0) is 14.1. The van der Waals surface area contributed by atoms with Crippen molar-refractivity contribution in [3.63, 3.8) is 0 Å². The van der Waals surface area contributed by atoms with Gasteiger partial charge in [0.25, 0.3) is 0 Å².